The summed E-state index contributed by atoms with van der Waals surface area (Å²) < 4.78 is 37.3. The Hall–Kier alpha value is -1.34. The number of hydrogen-bond acceptors (Lipinski definition) is 2. The van der Waals surface area contributed by atoms with Crippen LogP contribution < -0.4 is 10.6 Å². The van der Waals surface area contributed by atoms with E-state index in [4.69, 9.17) is 17.3 Å². The zero-order valence-electron chi connectivity index (χ0n) is 9.42. The lowest BCUT2D eigenvalue weighted by Crippen LogP contribution is -2.36. The highest BCUT2D eigenvalue weighted by atomic mass is 32.1. The Balaban J connectivity index is 2.55. The van der Waals surface area contributed by atoms with E-state index in [2.05, 4.69) is 10.6 Å². The summed E-state index contributed by atoms with van der Waals surface area (Å²) in [6.45, 7) is 0.432. The van der Waals surface area contributed by atoms with Crippen molar-refractivity contribution in [3.63, 3.8) is 0 Å². The van der Waals surface area contributed by atoms with Gasteiger partial charge in [-0.3, -0.25) is 0 Å². The maximum atomic E-state index is 12.4. The summed E-state index contributed by atoms with van der Waals surface area (Å²) in [5, 5.41) is 14.3. The number of hydrogen-bond donors (Lipinski definition) is 3. The fraction of sp³-hybridized carbons (Fsp3) is 0.364. The molecule has 1 rings (SSSR count). The number of aliphatic hydroxyl groups is 1. The van der Waals surface area contributed by atoms with Gasteiger partial charge < -0.3 is 15.7 Å². The molecule has 1 aromatic rings. The van der Waals surface area contributed by atoms with Crippen LogP contribution in [0.3, 0.4) is 0 Å². The third kappa shape index (κ3) is 4.89. The van der Waals surface area contributed by atoms with Gasteiger partial charge in [-0.25, -0.2) is 0 Å². The molecule has 0 amide bonds. The van der Waals surface area contributed by atoms with E-state index in [1.54, 1.807) is 6.07 Å². The molecule has 0 heterocycles. The third-order valence-corrected chi connectivity index (χ3v) is 2.39. The van der Waals surface area contributed by atoms with Crippen LogP contribution in [-0.2, 0) is 12.7 Å². The molecule has 7 heteroatoms. The predicted molar refractivity (Wildman–Crippen MR) is 66.0 cm³/mol. The molecule has 100 valence electrons. The molecule has 0 unspecified atom stereocenters. The number of rotatable bonds is 4. The smallest absolute Gasteiger partial charge is 0.395 e. The standard InChI is InChI=1S/C11H13F3N2OS/c12-11(13,14)9-3-1-2-8(6-9)7-16-10(18)15-4-5-17/h1-3,6,17H,4-5,7H2,(H2,15,16,18). The van der Waals surface area contributed by atoms with E-state index in [9.17, 15) is 13.2 Å². The van der Waals surface area contributed by atoms with Crippen molar-refractivity contribution in [2.24, 2.45) is 0 Å². The van der Waals surface area contributed by atoms with Gasteiger partial charge in [-0.1, -0.05) is 12.1 Å². The highest BCUT2D eigenvalue weighted by Crippen LogP contribution is 2.29. The molecule has 0 aromatic heterocycles. The van der Waals surface area contributed by atoms with Crippen LogP contribution in [0.15, 0.2) is 24.3 Å². The van der Waals surface area contributed by atoms with Gasteiger partial charge in [-0.2, -0.15) is 13.2 Å². The van der Waals surface area contributed by atoms with E-state index >= 15 is 0 Å². The molecule has 0 aliphatic rings. The number of nitrogens with one attached hydrogen (secondary N) is 2. The lowest BCUT2D eigenvalue weighted by Gasteiger charge is -2.11. The summed E-state index contributed by atoms with van der Waals surface area (Å²) in [5.41, 5.74) is -0.200. The molecule has 0 aliphatic carbocycles. The van der Waals surface area contributed by atoms with Crippen molar-refractivity contribution in [2.45, 2.75) is 12.7 Å². The highest BCUT2D eigenvalue weighted by molar-refractivity contribution is 7.80. The average molecular weight is 278 g/mol. The van der Waals surface area contributed by atoms with E-state index in [0.29, 0.717) is 17.2 Å². The zero-order valence-corrected chi connectivity index (χ0v) is 10.2. The SMILES string of the molecule is OCCNC(=S)NCc1cccc(C(F)(F)F)c1. The van der Waals surface area contributed by atoms with Crippen molar-refractivity contribution >= 4 is 17.3 Å². The largest absolute Gasteiger partial charge is 0.416 e. The van der Waals surface area contributed by atoms with E-state index < -0.39 is 11.7 Å². The Morgan fingerprint density at radius 3 is 2.61 bits per heavy atom. The van der Waals surface area contributed by atoms with Gasteiger partial charge in [0.1, 0.15) is 0 Å². The van der Waals surface area contributed by atoms with E-state index in [1.807, 2.05) is 0 Å². The summed E-state index contributed by atoms with van der Waals surface area (Å²) in [6.07, 6.45) is -4.34. The maximum Gasteiger partial charge on any atom is 0.416 e. The monoisotopic (exact) mass is 278 g/mol. The van der Waals surface area contributed by atoms with Crippen LogP contribution in [0.5, 0.6) is 0 Å². The fourth-order valence-corrected chi connectivity index (χ4v) is 1.45. The Morgan fingerprint density at radius 1 is 1.28 bits per heavy atom. The van der Waals surface area contributed by atoms with Crippen molar-refractivity contribution in [3.05, 3.63) is 35.4 Å². The fourth-order valence-electron chi connectivity index (χ4n) is 1.27. The van der Waals surface area contributed by atoms with E-state index in [0.717, 1.165) is 12.1 Å². The Kier molecular flexibility index (Phi) is 5.36. The van der Waals surface area contributed by atoms with Crippen molar-refractivity contribution in [1.29, 1.82) is 0 Å². The van der Waals surface area contributed by atoms with Gasteiger partial charge in [-0.05, 0) is 29.9 Å². The molecule has 0 saturated carbocycles. The highest BCUT2D eigenvalue weighted by Gasteiger charge is 2.30. The summed E-state index contributed by atoms with van der Waals surface area (Å²) in [6, 6.07) is 5.02. The topological polar surface area (TPSA) is 44.3 Å². The normalized spacial score (nSPS) is 11.1. The second-order valence-corrected chi connectivity index (χ2v) is 3.94. The zero-order chi connectivity index (χ0) is 13.6. The van der Waals surface area contributed by atoms with Crippen molar-refractivity contribution in [1.82, 2.24) is 10.6 Å². The summed E-state index contributed by atoms with van der Waals surface area (Å²) in [5.74, 6) is 0. The first-order chi connectivity index (χ1) is 8.43. The van der Waals surface area contributed by atoms with Gasteiger partial charge in [0, 0.05) is 13.1 Å². The molecule has 0 fully saturated rings. The van der Waals surface area contributed by atoms with Crippen molar-refractivity contribution in [3.8, 4) is 0 Å². The van der Waals surface area contributed by atoms with Gasteiger partial charge >= 0.3 is 6.18 Å². The summed E-state index contributed by atoms with van der Waals surface area (Å²) in [7, 11) is 0. The minimum absolute atomic E-state index is 0.0641. The lowest BCUT2D eigenvalue weighted by molar-refractivity contribution is -0.137. The first kappa shape index (κ1) is 14.7. The van der Waals surface area contributed by atoms with Crippen LogP contribution in [0.25, 0.3) is 0 Å². The molecule has 0 saturated heterocycles. The number of aliphatic hydroxyl groups excluding tert-OH is 1. The van der Waals surface area contributed by atoms with Gasteiger partial charge in [0.25, 0.3) is 0 Å². The Bertz CT molecular complexity index is 410. The number of thiocarbonyl (C=S) groups is 1. The van der Waals surface area contributed by atoms with Gasteiger partial charge in [0.05, 0.1) is 12.2 Å². The first-order valence-corrected chi connectivity index (χ1v) is 5.63. The van der Waals surface area contributed by atoms with Crippen LogP contribution in [-0.4, -0.2) is 23.4 Å². The quantitative estimate of drug-likeness (QED) is 0.733. The molecule has 0 aliphatic heterocycles. The molecule has 3 N–H and O–H groups in total. The Labute approximate surface area is 108 Å². The molecule has 0 atom stereocenters. The maximum absolute atomic E-state index is 12.4. The lowest BCUT2D eigenvalue weighted by atomic mass is 10.1. The molecular weight excluding hydrogens is 265 g/mol. The van der Waals surface area contributed by atoms with Crippen LogP contribution in [0.2, 0.25) is 0 Å². The minimum Gasteiger partial charge on any atom is -0.395 e. The minimum atomic E-state index is -4.34. The summed E-state index contributed by atoms with van der Waals surface area (Å²) >= 11 is 4.87. The van der Waals surface area contributed by atoms with Crippen LogP contribution in [0.1, 0.15) is 11.1 Å². The molecular formula is C11H13F3N2OS. The second-order valence-electron chi connectivity index (χ2n) is 3.53. The van der Waals surface area contributed by atoms with Gasteiger partial charge in [0.2, 0.25) is 0 Å². The number of alkyl halides is 3. The number of halogens is 3. The third-order valence-electron chi connectivity index (χ3n) is 2.10. The molecule has 0 radical (unpaired) electrons. The van der Waals surface area contributed by atoms with Gasteiger partial charge in [0.15, 0.2) is 5.11 Å². The van der Waals surface area contributed by atoms with Crippen LogP contribution in [0, 0.1) is 0 Å². The molecule has 1 aromatic carbocycles. The van der Waals surface area contributed by atoms with Crippen molar-refractivity contribution < 1.29 is 18.3 Å². The summed E-state index contributed by atoms with van der Waals surface area (Å²) in [4.78, 5) is 0. The molecule has 18 heavy (non-hydrogen) atoms. The first-order valence-electron chi connectivity index (χ1n) is 5.22. The number of benzene rings is 1. The van der Waals surface area contributed by atoms with Gasteiger partial charge in [-0.15, -0.1) is 0 Å². The van der Waals surface area contributed by atoms with E-state index in [1.165, 1.54) is 6.07 Å². The van der Waals surface area contributed by atoms with Crippen LogP contribution >= 0.6 is 12.2 Å². The van der Waals surface area contributed by atoms with Crippen LogP contribution in [0.4, 0.5) is 13.2 Å². The second kappa shape index (κ2) is 6.55. The van der Waals surface area contributed by atoms with Crippen molar-refractivity contribution in [2.75, 3.05) is 13.2 Å². The molecule has 0 spiro atoms. The van der Waals surface area contributed by atoms with E-state index in [-0.39, 0.29) is 13.2 Å². The molecule has 0 bridgehead atoms. The Morgan fingerprint density at radius 2 is 2.00 bits per heavy atom. The average Bonchev–Trinajstić information content (AvgIpc) is 2.33. The molecule has 3 nitrogen and oxygen atoms in total. The predicted octanol–water partition coefficient (Wildman–Crippen LogP) is 1.66.